The first-order valence-electron chi connectivity index (χ1n) is 6.32. The van der Waals surface area contributed by atoms with Crippen molar-refractivity contribution in [3.8, 4) is 0 Å². The first-order chi connectivity index (χ1) is 10.1. The van der Waals surface area contributed by atoms with E-state index in [2.05, 4.69) is 4.98 Å². The number of carbonyl (C=O) groups excluding carboxylic acids is 2. The molecule has 0 radical (unpaired) electrons. The summed E-state index contributed by atoms with van der Waals surface area (Å²) in [5, 5.41) is 0. The second-order valence-electron chi connectivity index (χ2n) is 4.64. The molecule has 2 heterocycles. The molecule has 0 aliphatic carbocycles. The van der Waals surface area contributed by atoms with Crippen molar-refractivity contribution in [3.63, 3.8) is 0 Å². The highest BCUT2D eigenvalue weighted by Gasteiger charge is 2.35. The molecule has 3 rings (SSSR count). The zero-order valence-corrected chi connectivity index (χ0v) is 12.1. The zero-order chi connectivity index (χ0) is 15.0. The van der Waals surface area contributed by atoms with Gasteiger partial charge in [-0.15, -0.1) is 0 Å². The minimum atomic E-state index is -1.23. The van der Waals surface area contributed by atoms with Gasteiger partial charge < -0.3 is 0 Å². The summed E-state index contributed by atoms with van der Waals surface area (Å²) in [5.41, 5.74) is 1.28. The Bertz CT molecular complexity index is 738. The lowest BCUT2D eigenvalue weighted by Gasteiger charge is -2.14. The fraction of sp³-hybridized carbons (Fsp3) is 0.133. The second kappa shape index (κ2) is 5.21. The molecule has 0 saturated heterocycles. The van der Waals surface area contributed by atoms with E-state index in [1.807, 2.05) is 0 Å². The van der Waals surface area contributed by atoms with E-state index in [9.17, 15) is 13.8 Å². The molecule has 1 aromatic heterocycles. The summed E-state index contributed by atoms with van der Waals surface area (Å²) in [5.74, 6) is -0.678. The highest BCUT2D eigenvalue weighted by Crippen LogP contribution is 2.24. The number of benzene rings is 1. The summed E-state index contributed by atoms with van der Waals surface area (Å²) in [7, 11) is -1.23. The first kappa shape index (κ1) is 13.6. The smallest absolute Gasteiger partial charge is 0.261 e. The molecule has 2 aromatic rings. The fourth-order valence-electron chi connectivity index (χ4n) is 2.34. The molecule has 1 atom stereocenters. The van der Waals surface area contributed by atoms with Gasteiger partial charge in [0.2, 0.25) is 0 Å². The van der Waals surface area contributed by atoms with Crippen LogP contribution in [-0.4, -0.2) is 32.2 Å². The monoisotopic (exact) mass is 300 g/mol. The van der Waals surface area contributed by atoms with Gasteiger partial charge in [0, 0.05) is 12.5 Å². The molecule has 0 saturated carbocycles. The van der Waals surface area contributed by atoms with E-state index >= 15 is 0 Å². The van der Waals surface area contributed by atoms with E-state index in [0.29, 0.717) is 21.7 Å². The summed E-state index contributed by atoms with van der Waals surface area (Å²) in [6.07, 6.45) is 3.10. The number of imide groups is 1. The van der Waals surface area contributed by atoms with Gasteiger partial charge in [0.25, 0.3) is 11.8 Å². The van der Waals surface area contributed by atoms with E-state index in [1.54, 1.807) is 48.9 Å². The van der Waals surface area contributed by atoms with Crippen molar-refractivity contribution in [1.82, 2.24) is 9.88 Å². The van der Waals surface area contributed by atoms with Crippen molar-refractivity contribution >= 4 is 22.6 Å². The summed E-state index contributed by atoms with van der Waals surface area (Å²) in [6, 6.07) is 10.1. The second-order valence-corrected chi connectivity index (χ2v) is 5.99. The Hall–Kier alpha value is -2.34. The molecule has 0 bridgehead atoms. The van der Waals surface area contributed by atoms with Crippen molar-refractivity contribution in [2.24, 2.45) is 0 Å². The summed E-state index contributed by atoms with van der Waals surface area (Å²) < 4.78 is 11.7. The van der Waals surface area contributed by atoms with Crippen LogP contribution in [0.2, 0.25) is 0 Å². The van der Waals surface area contributed by atoms with Gasteiger partial charge in [0.1, 0.15) is 0 Å². The molecule has 1 aromatic carbocycles. The Kier molecular flexibility index (Phi) is 3.39. The molecule has 0 fully saturated rings. The van der Waals surface area contributed by atoms with Gasteiger partial charge in [-0.1, -0.05) is 12.1 Å². The molecule has 2 amide bonds. The minimum absolute atomic E-state index is 0.0299. The third-order valence-electron chi connectivity index (χ3n) is 3.34. The average molecular weight is 300 g/mol. The number of aromatic nitrogens is 1. The lowest BCUT2D eigenvalue weighted by Crippen LogP contribution is -2.30. The van der Waals surface area contributed by atoms with Crippen LogP contribution >= 0.6 is 0 Å². The molecule has 106 valence electrons. The number of nitrogens with zero attached hydrogens (tertiary/aromatic N) is 2. The van der Waals surface area contributed by atoms with Gasteiger partial charge in [-0.2, -0.15) is 0 Å². The molecule has 1 aliphatic heterocycles. The van der Waals surface area contributed by atoms with Crippen LogP contribution in [0.1, 0.15) is 26.4 Å². The molecule has 1 aliphatic rings. The van der Waals surface area contributed by atoms with Gasteiger partial charge in [-0.05, 0) is 24.3 Å². The normalized spacial score (nSPS) is 15.2. The van der Waals surface area contributed by atoms with Crippen LogP contribution in [0.5, 0.6) is 0 Å². The van der Waals surface area contributed by atoms with Crippen LogP contribution in [0.3, 0.4) is 0 Å². The standard InChI is InChI=1S/C15H12N2O3S/c1-21(20)13-7-4-8-16-12(13)9-17-14(18)10-5-2-3-6-11(10)15(17)19/h2-8H,9H2,1H3. The Morgan fingerprint density at radius 1 is 1.05 bits per heavy atom. The van der Waals surface area contributed by atoms with Crippen LogP contribution in [0, 0.1) is 0 Å². The third kappa shape index (κ3) is 2.27. The summed E-state index contributed by atoms with van der Waals surface area (Å²) in [4.78, 5) is 30.4. The highest BCUT2D eigenvalue weighted by atomic mass is 32.2. The Morgan fingerprint density at radius 2 is 1.67 bits per heavy atom. The predicted octanol–water partition coefficient (Wildman–Crippen LogP) is 1.62. The van der Waals surface area contributed by atoms with E-state index < -0.39 is 10.8 Å². The SMILES string of the molecule is CS(=O)c1cccnc1CN1C(=O)c2ccccc2C1=O. The Labute approximate surface area is 124 Å². The lowest BCUT2D eigenvalue weighted by molar-refractivity contribution is 0.0639. The maximum Gasteiger partial charge on any atom is 0.261 e. The van der Waals surface area contributed by atoms with Crippen molar-refractivity contribution in [2.75, 3.05) is 6.26 Å². The van der Waals surface area contributed by atoms with E-state index in [1.165, 1.54) is 0 Å². The lowest BCUT2D eigenvalue weighted by atomic mass is 10.1. The van der Waals surface area contributed by atoms with Crippen LogP contribution in [0.25, 0.3) is 0 Å². The molecule has 5 nitrogen and oxygen atoms in total. The van der Waals surface area contributed by atoms with Crippen molar-refractivity contribution in [3.05, 3.63) is 59.4 Å². The predicted molar refractivity (Wildman–Crippen MR) is 77.2 cm³/mol. The molecule has 0 spiro atoms. The van der Waals surface area contributed by atoms with Crippen molar-refractivity contribution in [1.29, 1.82) is 0 Å². The van der Waals surface area contributed by atoms with Crippen LogP contribution in [0.15, 0.2) is 47.5 Å². The number of hydrogen-bond donors (Lipinski definition) is 0. The highest BCUT2D eigenvalue weighted by molar-refractivity contribution is 7.84. The van der Waals surface area contributed by atoms with Crippen molar-refractivity contribution < 1.29 is 13.8 Å². The first-order valence-corrected chi connectivity index (χ1v) is 7.88. The van der Waals surface area contributed by atoms with Gasteiger partial charge >= 0.3 is 0 Å². The number of rotatable bonds is 3. The van der Waals surface area contributed by atoms with Crippen molar-refractivity contribution in [2.45, 2.75) is 11.4 Å². The van der Waals surface area contributed by atoms with Gasteiger partial charge in [-0.25, -0.2) is 0 Å². The number of hydrogen-bond acceptors (Lipinski definition) is 4. The van der Waals surface area contributed by atoms with Crippen LogP contribution in [-0.2, 0) is 17.3 Å². The van der Waals surface area contributed by atoms with E-state index in [-0.39, 0.29) is 18.4 Å². The van der Waals surface area contributed by atoms with Crippen LogP contribution < -0.4 is 0 Å². The summed E-state index contributed by atoms with van der Waals surface area (Å²) >= 11 is 0. The Morgan fingerprint density at radius 3 is 2.24 bits per heavy atom. The van der Waals surface area contributed by atoms with Gasteiger partial charge in [-0.3, -0.25) is 23.7 Å². The number of fused-ring (bicyclic) bond motifs is 1. The zero-order valence-electron chi connectivity index (χ0n) is 11.3. The molecular weight excluding hydrogens is 288 g/mol. The molecule has 1 unspecified atom stereocenters. The molecule has 0 N–H and O–H groups in total. The van der Waals surface area contributed by atoms with Gasteiger partial charge in [0.15, 0.2) is 0 Å². The third-order valence-corrected chi connectivity index (χ3v) is 4.34. The average Bonchev–Trinajstić information content (AvgIpc) is 2.73. The number of carbonyl (C=O) groups is 2. The molecule has 21 heavy (non-hydrogen) atoms. The summed E-state index contributed by atoms with van der Waals surface area (Å²) in [6.45, 7) is 0.0299. The fourth-order valence-corrected chi connectivity index (χ4v) is 3.06. The maximum absolute atomic E-state index is 12.3. The quantitative estimate of drug-likeness (QED) is 0.808. The Balaban J connectivity index is 1.96. The van der Waals surface area contributed by atoms with E-state index in [4.69, 9.17) is 0 Å². The number of amides is 2. The van der Waals surface area contributed by atoms with Gasteiger partial charge in [0.05, 0.1) is 39.1 Å². The van der Waals surface area contributed by atoms with E-state index in [0.717, 1.165) is 4.90 Å². The van der Waals surface area contributed by atoms with Crippen LogP contribution in [0.4, 0.5) is 0 Å². The number of pyridine rings is 1. The topological polar surface area (TPSA) is 67.3 Å². The largest absolute Gasteiger partial charge is 0.269 e. The molecular formula is C15H12N2O3S. The maximum atomic E-state index is 12.3. The molecule has 6 heteroatoms. The minimum Gasteiger partial charge on any atom is -0.269 e.